The summed E-state index contributed by atoms with van der Waals surface area (Å²) < 4.78 is 5.15. The van der Waals surface area contributed by atoms with E-state index < -0.39 is 12.1 Å². The number of ether oxygens (including phenoxy) is 1. The van der Waals surface area contributed by atoms with Crippen LogP contribution in [0.25, 0.3) is 0 Å². The first-order valence-corrected chi connectivity index (χ1v) is 8.04. The fourth-order valence-corrected chi connectivity index (χ4v) is 2.69. The van der Waals surface area contributed by atoms with Gasteiger partial charge in [0, 0.05) is 16.3 Å². The molecule has 2 rings (SSSR count). The first-order chi connectivity index (χ1) is 11.1. The van der Waals surface area contributed by atoms with Crippen LogP contribution in [0.2, 0.25) is 0 Å². The van der Waals surface area contributed by atoms with Gasteiger partial charge in [0.15, 0.2) is 0 Å². The van der Waals surface area contributed by atoms with Crippen LogP contribution < -0.4 is 5.32 Å². The van der Waals surface area contributed by atoms with Gasteiger partial charge in [-0.1, -0.05) is 36.4 Å². The summed E-state index contributed by atoms with van der Waals surface area (Å²) in [6.45, 7) is 0.208. The van der Waals surface area contributed by atoms with Crippen molar-refractivity contribution < 1.29 is 19.4 Å². The van der Waals surface area contributed by atoms with Gasteiger partial charge in [-0.2, -0.15) is 0 Å². The summed E-state index contributed by atoms with van der Waals surface area (Å²) in [4.78, 5) is 23.2. The third-order valence-electron chi connectivity index (χ3n) is 2.88. The molecule has 0 aliphatic heterocycles. The molecule has 0 atom stereocenters. The molecular weight excluding hydrogens is 314 g/mol. The molecule has 0 aromatic heterocycles. The number of anilines is 1. The van der Waals surface area contributed by atoms with Crippen LogP contribution in [-0.4, -0.2) is 22.9 Å². The van der Waals surface area contributed by atoms with Crippen molar-refractivity contribution >= 4 is 29.5 Å². The number of carbonyl (C=O) groups is 2. The summed E-state index contributed by atoms with van der Waals surface area (Å²) in [5.41, 5.74) is 1.53. The summed E-state index contributed by atoms with van der Waals surface area (Å²) in [5, 5.41) is 11.3. The number of carboxylic acids is 1. The van der Waals surface area contributed by atoms with E-state index in [0.29, 0.717) is 11.4 Å². The second-order valence-electron chi connectivity index (χ2n) is 4.71. The highest BCUT2D eigenvalue weighted by atomic mass is 32.2. The summed E-state index contributed by atoms with van der Waals surface area (Å²) in [7, 11) is 0. The normalized spacial score (nSPS) is 10.1. The molecule has 0 bridgehead atoms. The van der Waals surface area contributed by atoms with Gasteiger partial charge in [0.2, 0.25) is 0 Å². The van der Waals surface area contributed by atoms with Crippen LogP contribution in [0.15, 0.2) is 59.5 Å². The molecular formula is C17H17NO4S. The highest BCUT2D eigenvalue weighted by molar-refractivity contribution is 7.99. The number of carbonyl (C=O) groups excluding carboxylic acids is 1. The molecule has 0 aliphatic rings. The first kappa shape index (κ1) is 16.9. The Morgan fingerprint density at radius 1 is 1.09 bits per heavy atom. The summed E-state index contributed by atoms with van der Waals surface area (Å²) >= 11 is 1.43. The van der Waals surface area contributed by atoms with Crippen molar-refractivity contribution in [1.82, 2.24) is 0 Å². The lowest BCUT2D eigenvalue weighted by Gasteiger charge is -2.08. The van der Waals surface area contributed by atoms with Crippen molar-refractivity contribution in [2.45, 2.75) is 17.9 Å². The van der Waals surface area contributed by atoms with Crippen LogP contribution in [0.5, 0.6) is 0 Å². The van der Waals surface area contributed by atoms with Crippen LogP contribution in [0.1, 0.15) is 12.0 Å². The number of aliphatic carboxylic acids is 1. The predicted octanol–water partition coefficient (Wildman–Crippen LogP) is 4.00. The third kappa shape index (κ3) is 6.44. The Morgan fingerprint density at radius 2 is 1.87 bits per heavy atom. The molecule has 0 spiro atoms. The van der Waals surface area contributed by atoms with Crippen LogP contribution >= 0.6 is 11.8 Å². The molecule has 0 unspecified atom stereocenters. The van der Waals surface area contributed by atoms with Crippen molar-refractivity contribution in [2.75, 3.05) is 11.1 Å². The monoisotopic (exact) mass is 331 g/mol. The lowest BCUT2D eigenvalue weighted by atomic mass is 10.2. The molecule has 0 saturated heterocycles. The van der Waals surface area contributed by atoms with Crippen molar-refractivity contribution in [2.24, 2.45) is 0 Å². The van der Waals surface area contributed by atoms with E-state index in [1.54, 1.807) is 18.2 Å². The van der Waals surface area contributed by atoms with E-state index in [1.807, 2.05) is 36.4 Å². The molecule has 23 heavy (non-hydrogen) atoms. The Morgan fingerprint density at radius 3 is 2.61 bits per heavy atom. The average Bonchev–Trinajstić information content (AvgIpc) is 2.54. The van der Waals surface area contributed by atoms with E-state index in [4.69, 9.17) is 9.84 Å². The van der Waals surface area contributed by atoms with E-state index in [1.165, 1.54) is 11.8 Å². The maximum absolute atomic E-state index is 11.8. The Labute approximate surface area is 138 Å². The zero-order valence-electron chi connectivity index (χ0n) is 12.4. The number of carboxylic acid groups (broad SMARTS) is 1. The summed E-state index contributed by atoms with van der Waals surface area (Å²) in [6.07, 6.45) is -0.428. The second kappa shape index (κ2) is 8.85. The van der Waals surface area contributed by atoms with Crippen LogP contribution in [-0.2, 0) is 16.1 Å². The van der Waals surface area contributed by atoms with Crippen LogP contribution in [0, 0.1) is 0 Å². The predicted molar refractivity (Wildman–Crippen MR) is 89.7 cm³/mol. The SMILES string of the molecule is O=C(O)CCSc1cccc(NC(=O)OCc2ccccc2)c1. The number of nitrogens with one attached hydrogen (secondary N) is 1. The topological polar surface area (TPSA) is 75.6 Å². The zero-order valence-corrected chi connectivity index (χ0v) is 13.2. The van der Waals surface area contributed by atoms with Gasteiger partial charge in [0.1, 0.15) is 6.61 Å². The molecule has 6 heteroatoms. The number of thioether (sulfide) groups is 1. The Balaban J connectivity index is 1.82. The lowest BCUT2D eigenvalue weighted by Crippen LogP contribution is -2.13. The largest absolute Gasteiger partial charge is 0.481 e. The fourth-order valence-electron chi connectivity index (χ4n) is 1.80. The molecule has 2 aromatic rings. The lowest BCUT2D eigenvalue weighted by molar-refractivity contribution is -0.136. The molecule has 0 saturated carbocycles. The molecule has 0 fully saturated rings. The molecule has 2 N–H and O–H groups in total. The Hall–Kier alpha value is -2.47. The standard InChI is InChI=1S/C17H17NO4S/c19-16(20)9-10-23-15-8-4-7-14(11-15)18-17(21)22-12-13-5-2-1-3-6-13/h1-8,11H,9-10,12H2,(H,18,21)(H,19,20). The number of hydrogen-bond donors (Lipinski definition) is 2. The quantitative estimate of drug-likeness (QED) is 0.750. The van der Waals surface area contributed by atoms with Gasteiger partial charge in [-0.15, -0.1) is 11.8 Å². The van der Waals surface area contributed by atoms with Gasteiger partial charge >= 0.3 is 12.1 Å². The molecule has 0 heterocycles. The Bertz CT molecular complexity index is 661. The van der Waals surface area contributed by atoms with Gasteiger partial charge in [-0.25, -0.2) is 4.79 Å². The van der Waals surface area contributed by atoms with Gasteiger partial charge in [0.25, 0.3) is 0 Å². The van der Waals surface area contributed by atoms with Crippen molar-refractivity contribution in [1.29, 1.82) is 0 Å². The number of amides is 1. The Kier molecular flexibility index (Phi) is 6.50. The minimum absolute atomic E-state index is 0.0987. The number of hydrogen-bond acceptors (Lipinski definition) is 4. The first-order valence-electron chi connectivity index (χ1n) is 7.06. The van der Waals surface area contributed by atoms with Gasteiger partial charge in [-0.05, 0) is 23.8 Å². The van der Waals surface area contributed by atoms with Gasteiger partial charge in [-0.3, -0.25) is 10.1 Å². The second-order valence-corrected chi connectivity index (χ2v) is 5.88. The van der Waals surface area contributed by atoms with E-state index in [-0.39, 0.29) is 13.0 Å². The third-order valence-corrected chi connectivity index (χ3v) is 3.87. The van der Waals surface area contributed by atoms with Crippen LogP contribution in [0.3, 0.4) is 0 Å². The van der Waals surface area contributed by atoms with E-state index in [2.05, 4.69) is 5.32 Å². The molecule has 120 valence electrons. The number of benzene rings is 2. The highest BCUT2D eigenvalue weighted by Gasteiger charge is 2.05. The van der Waals surface area contributed by atoms with E-state index >= 15 is 0 Å². The van der Waals surface area contributed by atoms with Crippen molar-refractivity contribution in [3.05, 3.63) is 60.2 Å². The van der Waals surface area contributed by atoms with Crippen molar-refractivity contribution in [3.8, 4) is 0 Å². The minimum Gasteiger partial charge on any atom is -0.481 e. The maximum atomic E-state index is 11.8. The molecule has 0 radical (unpaired) electrons. The van der Waals surface area contributed by atoms with Crippen LogP contribution in [0.4, 0.5) is 10.5 Å². The number of rotatable bonds is 7. The minimum atomic E-state index is -0.823. The summed E-state index contributed by atoms with van der Waals surface area (Å²) in [5.74, 6) is -0.340. The molecule has 2 aromatic carbocycles. The van der Waals surface area contributed by atoms with Gasteiger partial charge < -0.3 is 9.84 Å². The van der Waals surface area contributed by atoms with E-state index in [0.717, 1.165) is 10.5 Å². The van der Waals surface area contributed by atoms with E-state index in [9.17, 15) is 9.59 Å². The fraction of sp³-hybridized carbons (Fsp3) is 0.176. The molecule has 1 amide bonds. The molecule has 5 nitrogen and oxygen atoms in total. The smallest absolute Gasteiger partial charge is 0.411 e. The average molecular weight is 331 g/mol. The van der Waals surface area contributed by atoms with Crippen molar-refractivity contribution in [3.63, 3.8) is 0 Å². The molecule has 0 aliphatic carbocycles. The zero-order chi connectivity index (χ0) is 16.5. The highest BCUT2D eigenvalue weighted by Crippen LogP contribution is 2.22. The summed E-state index contributed by atoms with van der Waals surface area (Å²) in [6, 6.07) is 16.6. The van der Waals surface area contributed by atoms with Gasteiger partial charge in [0.05, 0.1) is 6.42 Å². The maximum Gasteiger partial charge on any atom is 0.411 e.